The van der Waals surface area contributed by atoms with E-state index >= 15 is 0 Å². The second-order valence-electron chi connectivity index (χ2n) is 6.49. The van der Waals surface area contributed by atoms with Crippen LogP contribution in [0.2, 0.25) is 0 Å². The minimum Gasteiger partial charge on any atom is -0.419 e. The first-order valence-electron chi connectivity index (χ1n) is 9.21. The SMILES string of the molecule is Brc1ccc(C(NCCc2ccccc2)c2nnc(-c3ccccc3)o2)cc1. The minimum absolute atomic E-state index is 0.165. The molecule has 0 aliphatic carbocycles. The van der Waals surface area contributed by atoms with Gasteiger partial charge in [0.25, 0.3) is 0 Å². The molecule has 0 saturated heterocycles. The number of aromatic nitrogens is 2. The van der Waals surface area contributed by atoms with Crippen LogP contribution in [0.4, 0.5) is 0 Å². The van der Waals surface area contributed by atoms with Gasteiger partial charge in [0, 0.05) is 16.6 Å². The normalized spacial score (nSPS) is 12.0. The lowest BCUT2D eigenvalue weighted by atomic mass is 10.1. The first-order chi connectivity index (χ1) is 13.8. The fourth-order valence-corrected chi connectivity index (χ4v) is 3.32. The van der Waals surface area contributed by atoms with Gasteiger partial charge in [-0.25, -0.2) is 0 Å². The minimum atomic E-state index is -0.165. The Morgan fingerprint density at radius 2 is 1.50 bits per heavy atom. The Hall–Kier alpha value is -2.76. The Labute approximate surface area is 172 Å². The predicted octanol–water partition coefficient (Wildman–Crippen LogP) is 5.42. The van der Waals surface area contributed by atoms with E-state index in [4.69, 9.17) is 4.42 Å². The monoisotopic (exact) mass is 433 g/mol. The van der Waals surface area contributed by atoms with Crippen molar-refractivity contribution in [1.82, 2.24) is 15.5 Å². The maximum absolute atomic E-state index is 6.02. The Morgan fingerprint density at radius 3 is 2.21 bits per heavy atom. The van der Waals surface area contributed by atoms with Crippen LogP contribution in [0.1, 0.15) is 23.1 Å². The molecule has 28 heavy (non-hydrogen) atoms. The van der Waals surface area contributed by atoms with Crippen LogP contribution in [0.3, 0.4) is 0 Å². The van der Waals surface area contributed by atoms with E-state index in [1.54, 1.807) is 0 Å². The van der Waals surface area contributed by atoms with Crippen molar-refractivity contribution in [3.8, 4) is 11.5 Å². The number of hydrogen-bond donors (Lipinski definition) is 1. The summed E-state index contributed by atoms with van der Waals surface area (Å²) in [6.07, 6.45) is 0.924. The van der Waals surface area contributed by atoms with Gasteiger partial charge in [0.05, 0.1) is 0 Å². The van der Waals surface area contributed by atoms with Gasteiger partial charge in [-0.3, -0.25) is 0 Å². The maximum Gasteiger partial charge on any atom is 0.247 e. The van der Waals surface area contributed by atoms with Crippen LogP contribution in [0.15, 0.2) is 93.8 Å². The molecule has 0 radical (unpaired) electrons. The van der Waals surface area contributed by atoms with Crippen LogP contribution in [-0.2, 0) is 6.42 Å². The van der Waals surface area contributed by atoms with Crippen LogP contribution in [0.25, 0.3) is 11.5 Å². The molecule has 0 saturated carbocycles. The zero-order chi connectivity index (χ0) is 19.2. The molecule has 5 heteroatoms. The lowest BCUT2D eigenvalue weighted by Crippen LogP contribution is -2.25. The molecule has 0 aliphatic rings. The maximum atomic E-state index is 6.02. The summed E-state index contributed by atoms with van der Waals surface area (Å²) in [4.78, 5) is 0. The fraction of sp³-hybridized carbons (Fsp3) is 0.130. The smallest absolute Gasteiger partial charge is 0.247 e. The van der Waals surface area contributed by atoms with Gasteiger partial charge in [-0.2, -0.15) is 0 Å². The quantitative estimate of drug-likeness (QED) is 0.422. The Balaban J connectivity index is 1.56. The number of nitrogens with zero attached hydrogens (tertiary/aromatic N) is 2. The standard InChI is InChI=1S/C23H20BrN3O/c24-20-13-11-18(12-14-20)21(25-16-15-17-7-3-1-4-8-17)23-27-26-22(28-23)19-9-5-2-6-10-19/h1-14,21,25H,15-16H2. The highest BCUT2D eigenvalue weighted by Gasteiger charge is 2.21. The Kier molecular flexibility index (Phi) is 5.95. The highest BCUT2D eigenvalue weighted by molar-refractivity contribution is 9.10. The van der Waals surface area contributed by atoms with Gasteiger partial charge in [-0.15, -0.1) is 10.2 Å². The highest BCUT2D eigenvalue weighted by Crippen LogP contribution is 2.26. The molecule has 1 N–H and O–H groups in total. The first-order valence-corrected chi connectivity index (χ1v) is 10.0. The molecule has 4 nitrogen and oxygen atoms in total. The molecule has 0 aliphatic heterocycles. The third kappa shape index (κ3) is 4.55. The van der Waals surface area contributed by atoms with Crippen molar-refractivity contribution in [1.29, 1.82) is 0 Å². The van der Waals surface area contributed by atoms with Crippen molar-refractivity contribution in [2.45, 2.75) is 12.5 Å². The van der Waals surface area contributed by atoms with Gasteiger partial charge in [0.1, 0.15) is 6.04 Å². The van der Waals surface area contributed by atoms with Gasteiger partial charge in [0.15, 0.2) is 0 Å². The van der Waals surface area contributed by atoms with E-state index < -0.39 is 0 Å². The largest absolute Gasteiger partial charge is 0.419 e. The molecular formula is C23H20BrN3O. The molecule has 0 amide bonds. The van der Waals surface area contributed by atoms with Gasteiger partial charge in [-0.1, -0.05) is 76.6 Å². The lowest BCUT2D eigenvalue weighted by Gasteiger charge is -2.16. The molecule has 0 bridgehead atoms. The van der Waals surface area contributed by atoms with E-state index in [-0.39, 0.29) is 6.04 Å². The molecule has 4 aromatic rings. The summed E-state index contributed by atoms with van der Waals surface area (Å²) < 4.78 is 7.06. The molecule has 4 rings (SSSR count). The van der Waals surface area contributed by atoms with Crippen molar-refractivity contribution >= 4 is 15.9 Å². The Morgan fingerprint density at radius 1 is 0.821 bits per heavy atom. The highest BCUT2D eigenvalue weighted by atomic mass is 79.9. The van der Waals surface area contributed by atoms with Gasteiger partial charge in [0.2, 0.25) is 11.8 Å². The average molecular weight is 434 g/mol. The third-order valence-corrected chi connectivity index (χ3v) is 5.05. The van der Waals surface area contributed by atoms with E-state index in [0.717, 1.165) is 28.6 Å². The summed E-state index contributed by atoms with van der Waals surface area (Å²) in [5, 5.41) is 12.2. The average Bonchev–Trinajstić information content (AvgIpc) is 3.23. The summed E-state index contributed by atoms with van der Waals surface area (Å²) in [6.45, 7) is 0.799. The van der Waals surface area contributed by atoms with E-state index in [2.05, 4.69) is 67.8 Å². The summed E-state index contributed by atoms with van der Waals surface area (Å²) in [5.74, 6) is 1.09. The third-order valence-electron chi connectivity index (χ3n) is 4.52. The second-order valence-corrected chi connectivity index (χ2v) is 7.40. The van der Waals surface area contributed by atoms with Gasteiger partial charge < -0.3 is 9.73 Å². The molecule has 1 heterocycles. The number of nitrogens with one attached hydrogen (secondary N) is 1. The second kappa shape index (κ2) is 8.95. The zero-order valence-electron chi connectivity index (χ0n) is 15.3. The zero-order valence-corrected chi connectivity index (χ0v) is 16.8. The molecular weight excluding hydrogens is 414 g/mol. The topological polar surface area (TPSA) is 51.0 Å². The van der Waals surface area contributed by atoms with Crippen LogP contribution >= 0.6 is 15.9 Å². The van der Waals surface area contributed by atoms with Crippen molar-refractivity contribution < 1.29 is 4.42 Å². The molecule has 0 spiro atoms. The molecule has 140 valence electrons. The first kappa shape index (κ1) is 18.6. The van der Waals surface area contributed by atoms with Crippen molar-refractivity contribution in [2.75, 3.05) is 6.54 Å². The number of benzene rings is 3. The van der Waals surface area contributed by atoms with E-state index in [0.29, 0.717) is 11.8 Å². The van der Waals surface area contributed by atoms with Gasteiger partial charge in [-0.05, 0) is 41.8 Å². The summed E-state index contributed by atoms with van der Waals surface area (Å²) >= 11 is 3.50. The van der Waals surface area contributed by atoms with Crippen LogP contribution in [0.5, 0.6) is 0 Å². The summed E-state index contributed by atoms with van der Waals surface area (Å²) in [5.41, 5.74) is 3.29. The fourth-order valence-electron chi connectivity index (χ4n) is 3.06. The number of halogens is 1. The summed E-state index contributed by atoms with van der Waals surface area (Å²) in [7, 11) is 0. The lowest BCUT2D eigenvalue weighted by molar-refractivity contribution is 0.440. The predicted molar refractivity (Wildman–Crippen MR) is 114 cm³/mol. The van der Waals surface area contributed by atoms with Crippen LogP contribution in [-0.4, -0.2) is 16.7 Å². The Bertz CT molecular complexity index is 1000. The van der Waals surface area contributed by atoms with E-state index in [1.165, 1.54) is 5.56 Å². The van der Waals surface area contributed by atoms with Crippen LogP contribution < -0.4 is 5.32 Å². The van der Waals surface area contributed by atoms with E-state index in [1.807, 2.05) is 48.5 Å². The molecule has 1 aromatic heterocycles. The van der Waals surface area contributed by atoms with Crippen molar-refractivity contribution in [3.05, 3.63) is 106 Å². The number of hydrogen-bond acceptors (Lipinski definition) is 4. The number of rotatable bonds is 7. The van der Waals surface area contributed by atoms with Gasteiger partial charge >= 0.3 is 0 Å². The van der Waals surface area contributed by atoms with Crippen molar-refractivity contribution in [2.24, 2.45) is 0 Å². The van der Waals surface area contributed by atoms with Crippen molar-refractivity contribution in [3.63, 3.8) is 0 Å². The molecule has 1 atom stereocenters. The summed E-state index contributed by atoms with van der Waals surface area (Å²) in [6, 6.07) is 28.3. The molecule has 1 unspecified atom stereocenters. The van der Waals surface area contributed by atoms with Crippen LogP contribution in [0, 0.1) is 0 Å². The van der Waals surface area contributed by atoms with E-state index in [9.17, 15) is 0 Å². The molecule has 0 fully saturated rings. The molecule has 3 aromatic carbocycles.